The Balaban J connectivity index is 1.43. The highest BCUT2D eigenvalue weighted by atomic mass is 79.9. The van der Waals surface area contributed by atoms with Crippen LogP contribution in [0.2, 0.25) is 5.02 Å². The van der Waals surface area contributed by atoms with Crippen molar-refractivity contribution in [2.75, 3.05) is 7.11 Å². The number of para-hydroxylation sites is 1. The molecule has 0 aliphatic carbocycles. The average Bonchev–Trinajstić information content (AvgIpc) is 3.37. The first-order chi connectivity index (χ1) is 19.0. The molecule has 0 aliphatic heterocycles. The lowest BCUT2D eigenvalue weighted by Crippen LogP contribution is -2.19. The summed E-state index contributed by atoms with van der Waals surface area (Å²) in [5.41, 5.74) is 6.00. The molecule has 5 rings (SSSR count). The molecule has 0 radical (unpaired) electrons. The number of carbonyl (C=O) groups is 2. The number of carbonyl (C=O) groups excluding carboxylic acids is 2. The van der Waals surface area contributed by atoms with Crippen molar-refractivity contribution in [1.82, 2.24) is 10.4 Å². The van der Waals surface area contributed by atoms with Gasteiger partial charge in [0.15, 0.2) is 0 Å². The zero-order valence-electron chi connectivity index (χ0n) is 20.6. The number of amides is 1. The van der Waals surface area contributed by atoms with Crippen molar-refractivity contribution in [3.05, 3.63) is 117 Å². The summed E-state index contributed by atoms with van der Waals surface area (Å²) in [7, 11) is 1.58. The number of hydrazone groups is 1. The minimum atomic E-state index is -0.540. The number of benzene rings is 4. The zero-order valence-corrected chi connectivity index (χ0v) is 22.9. The zero-order chi connectivity index (χ0) is 27.4. The van der Waals surface area contributed by atoms with Crippen LogP contribution in [0.1, 0.15) is 26.4 Å². The molecule has 4 aromatic carbocycles. The molecule has 39 heavy (non-hydrogen) atoms. The number of ether oxygens (including phenoxy) is 2. The number of aromatic amines is 1. The van der Waals surface area contributed by atoms with E-state index >= 15 is 0 Å². The SMILES string of the molecule is COc1ccc(Br)c2c(-c3ccccc3)c(C(=O)NN=Cc3ccccc3OC(=O)c3ccc(Cl)cc3)[nH]c12. The van der Waals surface area contributed by atoms with E-state index in [1.807, 2.05) is 42.5 Å². The molecule has 1 amide bonds. The van der Waals surface area contributed by atoms with E-state index in [0.717, 1.165) is 15.4 Å². The third-order valence-electron chi connectivity index (χ3n) is 5.95. The lowest BCUT2D eigenvalue weighted by atomic mass is 10.0. The van der Waals surface area contributed by atoms with Gasteiger partial charge in [0.1, 0.15) is 17.2 Å². The van der Waals surface area contributed by atoms with Gasteiger partial charge in [0.05, 0.1) is 24.4 Å². The number of halogens is 2. The summed E-state index contributed by atoms with van der Waals surface area (Å²) in [5, 5.41) is 5.48. The molecule has 0 aliphatic rings. The van der Waals surface area contributed by atoms with Crippen LogP contribution in [0.15, 0.2) is 101 Å². The third-order valence-corrected chi connectivity index (χ3v) is 6.86. The summed E-state index contributed by atoms with van der Waals surface area (Å²) >= 11 is 9.52. The van der Waals surface area contributed by atoms with Gasteiger partial charge < -0.3 is 14.5 Å². The van der Waals surface area contributed by atoms with Gasteiger partial charge in [-0.05, 0) is 54.1 Å². The van der Waals surface area contributed by atoms with E-state index in [2.05, 4.69) is 31.4 Å². The van der Waals surface area contributed by atoms with E-state index in [-0.39, 0.29) is 0 Å². The number of nitrogens with zero attached hydrogens (tertiary/aromatic N) is 1. The lowest BCUT2D eigenvalue weighted by Gasteiger charge is -2.08. The van der Waals surface area contributed by atoms with Crippen LogP contribution in [0.5, 0.6) is 11.5 Å². The molecule has 7 nitrogen and oxygen atoms in total. The largest absolute Gasteiger partial charge is 0.495 e. The second kappa shape index (κ2) is 11.6. The van der Waals surface area contributed by atoms with Gasteiger partial charge in [0.25, 0.3) is 5.91 Å². The van der Waals surface area contributed by atoms with Crippen LogP contribution < -0.4 is 14.9 Å². The molecule has 0 saturated carbocycles. The van der Waals surface area contributed by atoms with Gasteiger partial charge in [0.2, 0.25) is 0 Å². The first-order valence-electron chi connectivity index (χ1n) is 11.8. The van der Waals surface area contributed by atoms with Crippen LogP contribution in [0.4, 0.5) is 0 Å². The fraction of sp³-hybridized carbons (Fsp3) is 0.0333. The number of methoxy groups -OCH3 is 1. The predicted molar refractivity (Wildman–Crippen MR) is 156 cm³/mol. The fourth-order valence-electron chi connectivity index (χ4n) is 4.11. The molecule has 0 atom stereocenters. The van der Waals surface area contributed by atoms with E-state index in [1.54, 1.807) is 55.6 Å². The predicted octanol–water partition coefficient (Wildman–Crippen LogP) is 7.24. The molecular weight excluding hydrogens is 582 g/mol. The Morgan fingerprint density at radius 1 is 0.923 bits per heavy atom. The Morgan fingerprint density at radius 3 is 2.38 bits per heavy atom. The maximum Gasteiger partial charge on any atom is 0.343 e. The van der Waals surface area contributed by atoms with Crippen LogP contribution in [0, 0.1) is 0 Å². The molecular formula is C30H21BrClN3O4. The van der Waals surface area contributed by atoms with Gasteiger partial charge in [-0.2, -0.15) is 5.10 Å². The van der Waals surface area contributed by atoms with Crippen LogP contribution in [0.25, 0.3) is 22.0 Å². The van der Waals surface area contributed by atoms with Crippen molar-refractivity contribution in [3.8, 4) is 22.6 Å². The standard InChI is InChI=1S/C30H21BrClN3O4/c1-38-24-16-15-22(31)26-25(18-7-3-2-4-8-18)28(34-27(24)26)29(36)35-33-17-20-9-5-6-10-23(20)39-30(37)19-11-13-21(32)14-12-19/h2-17,34H,1H3,(H,35,36). The summed E-state index contributed by atoms with van der Waals surface area (Å²) in [6.45, 7) is 0. The number of fused-ring (bicyclic) bond motifs is 1. The molecule has 0 saturated heterocycles. The first kappa shape index (κ1) is 26.2. The smallest absolute Gasteiger partial charge is 0.343 e. The Morgan fingerprint density at radius 2 is 1.64 bits per heavy atom. The summed E-state index contributed by atoms with van der Waals surface area (Å²) in [6, 6.07) is 26.6. The maximum absolute atomic E-state index is 13.4. The molecule has 0 bridgehead atoms. The molecule has 2 N–H and O–H groups in total. The molecule has 9 heteroatoms. The van der Waals surface area contributed by atoms with Crippen molar-refractivity contribution in [2.24, 2.45) is 5.10 Å². The van der Waals surface area contributed by atoms with E-state index in [9.17, 15) is 9.59 Å². The average molecular weight is 603 g/mol. The molecule has 194 valence electrons. The van der Waals surface area contributed by atoms with Crippen LogP contribution in [-0.4, -0.2) is 30.2 Å². The minimum Gasteiger partial charge on any atom is -0.495 e. The van der Waals surface area contributed by atoms with Crippen molar-refractivity contribution in [2.45, 2.75) is 0 Å². The molecule has 1 heterocycles. The van der Waals surface area contributed by atoms with E-state index in [4.69, 9.17) is 21.1 Å². The molecule has 0 unspecified atom stereocenters. The minimum absolute atomic E-state index is 0.291. The summed E-state index contributed by atoms with van der Waals surface area (Å²) in [6.07, 6.45) is 1.42. The normalized spacial score (nSPS) is 11.1. The maximum atomic E-state index is 13.4. The topological polar surface area (TPSA) is 92.8 Å². The third kappa shape index (κ3) is 5.57. The van der Waals surface area contributed by atoms with Crippen LogP contribution in [0.3, 0.4) is 0 Å². The summed E-state index contributed by atoms with van der Waals surface area (Å²) < 4.78 is 11.9. The summed E-state index contributed by atoms with van der Waals surface area (Å²) in [4.78, 5) is 29.2. The van der Waals surface area contributed by atoms with E-state index in [0.29, 0.717) is 44.4 Å². The van der Waals surface area contributed by atoms with Crippen molar-refractivity contribution in [3.63, 3.8) is 0 Å². The highest BCUT2D eigenvalue weighted by Crippen LogP contribution is 2.40. The number of hydrogen-bond donors (Lipinski definition) is 2. The quantitative estimate of drug-likeness (QED) is 0.0889. The van der Waals surface area contributed by atoms with Gasteiger partial charge in [0, 0.05) is 26.0 Å². The van der Waals surface area contributed by atoms with Crippen molar-refractivity contribution in [1.29, 1.82) is 0 Å². The first-order valence-corrected chi connectivity index (χ1v) is 13.0. The number of hydrogen-bond acceptors (Lipinski definition) is 5. The molecule has 5 aromatic rings. The molecule has 0 fully saturated rings. The van der Waals surface area contributed by atoms with Gasteiger partial charge in [-0.3, -0.25) is 4.79 Å². The highest BCUT2D eigenvalue weighted by Gasteiger charge is 2.23. The van der Waals surface area contributed by atoms with Crippen molar-refractivity contribution >= 4 is 56.5 Å². The number of esters is 1. The molecule has 0 spiro atoms. The Bertz CT molecular complexity index is 1700. The second-order valence-corrected chi connectivity index (χ2v) is 9.66. The Labute approximate surface area is 237 Å². The van der Waals surface area contributed by atoms with Crippen LogP contribution >= 0.6 is 27.5 Å². The number of rotatable bonds is 7. The summed E-state index contributed by atoms with van der Waals surface area (Å²) in [5.74, 6) is -0.100. The Hall–Kier alpha value is -4.40. The second-order valence-electron chi connectivity index (χ2n) is 8.37. The Kier molecular flexibility index (Phi) is 7.76. The van der Waals surface area contributed by atoms with E-state index in [1.165, 1.54) is 6.21 Å². The number of H-pyrrole nitrogens is 1. The number of nitrogens with one attached hydrogen (secondary N) is 2. The lowest BCUT2D eigenvalue weighted by molar-refractivity contribution is 0.0734. The fourth-order valence-corrected chi connectivity index (χ4v) is 4.77. The van der Waals surface area contributed by atoms with Gasteiger partial charge in [-0.15, -0.1) is 0 Å². The molecule has 1 aromatic heterocycles. The van der Waals surface area contributed by atoms with E-state index < -0.39 is 11.9 Å². The van der Waals surface area contributed by atoms with Gasteiger partial charge >= 0.3 is 5.97 Å². The van der Waals surface area contributed by atoms with Gasteiger partial charge in [-0.25, -0.2) is 10.2 Å². The van der Waals surface area contributed by atoms with Crippen molar-refractivity contribution < 1.29 is 19.1 Å². The van der Waals surface area contributed by atoms with Gasteiger partial charge in [-0.1, -0.05) is 70.0 Å². The number of aromatic nitrogens is 1. The highest BCUT2D eigenvalue weighted by molar-refractivity contribution is 9.10. The monoisotopic (exact) mass is 601 g/mol. The van der Waals surface area contributed by atoms with Crippen LogP contribution in [-0.2, 0) is 0 Å².